The monoisotopic (exact) mass is 655 g/mol. The van der Waals surface area contributed by atoms with Gasteiger partial charge in [0.25, 0.3) is 11.8 Å². The third-order valence-corrected chi connectivity index (χ3v) is 8.11. The van der Waals surface area contributed by atoms with Gasteiger partial charge >= 0.3 is 0 Å². The minimum atomic E-state index is -3.67. The van der Waals surface area contributed by atoms with Crippen LogP contribution in [0.4, 0.5) is 10.1 Å². The molecule has 0 bridgehead atoms. The Balaban J connectivity index is 0.000000923. The highest BCUT2D eigenvalue weighted by atomic mass is 32.2. The summed E-state index contributed by atoms with van der Waals surface area (Å²) in [6, 6.07) is 19.1. The Labute approximate surface area is 272 Å². The van der Waals surface area contributed by atoms with Crippen LogP contribution in [0, 0.1) is 18.7 Å². The van der Waals surface area contributed by atoms with Crippen molar-refractivity contribution in [2.75, 3.05) is 37.2 Å². The number of carbonyl (C=O) groups excluding carboxylic acids is 3. The quantitative estimate of drug-likeness (QED) is 0.204. The first-order chi connectivity index (χ1) is 21.6. The lowest BCUT2D eigenvalue weighted by atomic mass is 10.1. The molecule has 46 heavy (non-hydrogen) atoms. The molecule has 0 spiro atoms. The Morgan fingerprint density at radius 3 is 1.93 bits per heavy atom. The molecule has 0 fully saturated rings. The first-order valence-electron chi connectivity index (χ1n) is 15.0. The van der Waals surface area contributed by atoms with Gasteiger partial charge in [-0.1, -0.05) is 61.9 Å². The van der Waals surface area contributed by atoms with E-state index in [1.165, 1.54) is 42.9 Å². The van der Waals surface area contributed by atoms with Crippen LogP contribution in [-0.4, -0.2) is 65.1 Å². The summed E-state index contributed by atoms with van der Waals surface area (Å²) in [7, 11) is -2.35. The molecule has 250 valence electrons. The largest absolute Gasteiger partial charge is 0.354 e. The molecule has 0 aromatic heterocycles. The zero-order valence-electron chi connectivity index (χ0n) is 27.6. The Morgan fingerprint density at radius 2 is 1.41 bits per heavy atom. The number of anilines is 1. The summed E-state index contributed by atoms with van der Waals surface area (Å²) >= 11 is 0. The van der Waals surface area contributed by atoms with Gasteiger partial charge in [-0.15, -0.1) is 0 Å². The van der Waals surface area contributed by atoms with Gasteiger partial charge in [0, 0.05) is 37.8 Å². The SMILES string of the molecule is CC(C)CNC(=O)[C@H](C)NCCNC(=O)c1cc(C(=O)N[C@H](C)c2ccc(F)cc2)cc(N(C)S(C)(=O)=O)c1.Cc1ccccc1. The number of amides is 3. The van der Waals surface area contributed by atoms with Crippen LogP contribution in [0.5, 0.6) is 0 Å². The first kappa shape index (κ1) is 37.9. The van der Waals surface area contributed by atoms with E-state index in [1.807, 2.05) is 32.0 Å². The number of halogens is 1. The van der Waals surface area contributed by atoms with Gasteiger partial charge in [-0.3, -0.25) is 18.7 Å². The Bertz CT molecular complexity index is 1550. The molecule has 12 heteroatoms. The predicted molar refractivity (Wildman–Crippen MR) is 181 cm³/mol. The summed E-state index contributed by atoms with van der Waals surface area (Å²) in [6.45, 7) is 10.6. The highest BCUT2D eigenvalue weighted by Crippen LogP contribution is 2.22. The van der Waals surface area contributed by atoms with E-state index >= 15 is 0 Å². The zero-order chi connectivity index (χ0) is 34.4. The van der Waals surface area contributed by atoms with Crippen LogP contribution < -0.4 is 25.6 Å². The van der Waals surface area contributed by atoms with Crippen LogP contribution in [-0.2, 0) is 14.8 Å². The van der Waals surface area contributed by atoms with Crippen molar-refractivity contribution in [1.29, 1.82) is 0 Å². The van der Waals surface area contributed by atoms with Crippen LogP contribution in [0.1, 0.15) is 65.6 Å². The maximum absolute atomic E-state index is 13.3. The van der Waals surface area contributed by atoms with E-state index in [-0.39, 0.29) is 29.3 Å². The van der Waals surface area contributed by atoms with Gasteiger partial charge in [-0.25, -0.2) is 12.8 Å². The van der Waals surface area contributed by atoms with Crippen molar-refractivity contribution in [1.82, 2.24) is 21.3 Å². The average molecular weight is 656 g/mol. The number of rotatable bonds is 13. The summed E-state index contributed by atoms with van der Waals surface area (Å²) in [4.78, 5) is 38.1. The molecule has 0 aliphatic heterocycles. The van der Waals surface area contributed by atoms with Crippen LogP contribution in [0.15, 0.2) is 72.8 Å². The van der Waals surface area contributed by atoms with E-state index in [0.717, 1.165) is 10.6 Å². The lowest BCUT2D eigenvalue weighted by Gasteiger charge is -2.20. The second-order valence-electron chi connectivity index (χ2n) is 11.5. The predicted octanol–water partition coefficient (Wildman–Crippen LogP) is 4.19. The van der Waals surface area contributed by atoms with Gasteiger partial charge in [-0.2, -0.15) is 0 Å². The number of sulfonamides is 1. The summed E-state index contributed by atoms with van der Waals surface area (Å²) in [5.41, 5.74) is 2.30. The van der Waals surface area contributed by atoms with Gasteiger partial charge in [0.2, 0.25) is 15.9 Å². The topological polar surface area (TPSA) is 137 Å². The van der Waals surface area contributed by atoms with Gasteiger partial charge in [-0.05, 0) is 62.6 Å². The fraction of sp³-hybridized carbons (Fsp3) is 0.382. The Hall–Kier alpha value is -4.29. The number of hydrogen-bond acceptors (Lipinski definition) is 6. The molecule has 0 radical (unpaired) electrons. The fourth-order valence-corrected chi connectivity index (χ4v) is 4.50. The molecule has 4 N–H and O–H groups in total. The molecule has 10 nitrogen and oxygen atoms in total. The van der Waals surface area contributed by atoms with E-state index in [9.17, 15) is 27.2 Å². The lowest BCUT2D eigenvalue weighted by Crippen LogP contribution is -2.45. The average Bonchev–Trinajstić information content (AvgIpc) is 3.01. The lowest BCUT2D eigenvalue weighted by molar-refractivity contribution is -0.122. The standard InChI is InChI=1S/C27H38FN5O5S.C7H8/c1-17(2)16-31-25(34)19(4)29-11-12-30-26(35)21-13-22(15-24(14-21)33(5)39(6,37)38)27(36)32-18(3)20-7-9-23(28)10-8-20;1-7-5-3-2-4-6-7/h7-10,13-15,17-19,29H,11-12,16H2,1-6H3,(H,30,35)(H,31,34)(H,32,36);2-6H,1H3/t18-,19+;/m1./s1. The molecular formula is C34H46FN5O5S. The first-order valence-corrected chi connectivity index (χ1v) is 16.9. The minimum Gasteiger partial charge on any atom is -0.354 e. The molecule has 3 aromatic carbocycles. The minimum absolute atomic E-state index is 0.0793. The summed E-state index contributed by atoms with van der Waals surface area (Å²) < 4.78 is 38.5. The number of nitrogens with one attached hydrogen (secondary N) is 4. The molecule has 0 saturated carbocycles. The maximum Gasteiger partial charge on any atom is 0.251 e. The summed E-state index contributed by atoms with van der Waals surface area (Å²) in [5, 5.41) is 11.4. The highest BCUT2D eigenvalue weighted by Gasteiger charge is 2.20. The third kappa shape index (κ3) is 13.0. The van der Waals surface area contributed by atoms with Crippen molar-refractivity contribution in [3.8, 4) is 0 Å². The number of carbonyl (C=O) groups is 3. The number of hydrogen-bond donors (Lipinski definition) is 4. The van der Waals surface area contributed by atoms with Crippen molar-refractivity contribution >= 4 is 33.4 Å². The van der Waals surface area contributed by atoms with Crippen LogP contribution >= 0.6 is 0 Å². The fourth-order valence-electron chi connectivity index (χ4n) is 4.01. The summed E-state index contributed by atoms with van der Waals surface area (Å²) in [5.74, 6) is -1.26. The smallest absolute Gasteiger partial charge is 0.251 e. The molecule has 0 unspecified atom stereocenters. The molecule has 3 rings (SSSR count). The van der Waals surface area contributed by atoms with Crippen molar-refractivity contribution < 1.29 is 27.2 Å². The van der Waals surface area contributed by atoms with Crippen LogP contribution in [0.25, 0.3) is 0 Å². The molecule has 2 atom stereocenters. The van der Waals surface area contributed by atoms with E-state index in [2.05, 4.69) is 40.3 Å². The van der Waals surface area contributed by atoms with Crippen molar-refractivity contribution in [2.45, 2.75) is 46.7 Å². The second kappa shape index (κ2) is 18.0. The molecule has 3 amide bonds. The van der Waals surface area contributed by atoms with E-state index < -0.39 is 39.7 Å². The van der Waals surface area contributed by atoms with Gasteiger partial charge < -0.3 is 21.3 Å². The molecule has 0 aliphatic rings. The normalized spacial score (nSPS) is 12.3. The molecule has 0 aliphatic carbocycles. The molecular weight excluding hydrogens is 609 g/mol. The molecule has 0 saturated heterocycles. The zero-order valence-corrected chi connectivity index (χ0v) is 28.4. The second-order valence-corrected chi connectivity index (χ2v) is 13.5. The molecule has 3 aromatic rings. The number of nitrogens with zero attached hydrogens (tertiary/aromatic N) is 1. The van der Waals surface area contributed by atoms with Gasteiger partial charge in [0.1, 0.15) is 5.82 Å². The van der Waals surface area contributed by atoms with Crippen molar-refractivity contribution in [3.63, 3.8) is 0 Å². The maximum atomic E-state index is 13.3. The van der Waals surface area contributed by atoms with Gasteiger partial charge in [0.15, 0.2) is 0 Å². The third-order valence-electron chi connectivity index (χ3n) is 6.90. The number of benzene rings is 3. The van der Waals surface area contributed by atoms with E-state index in [0.29, 0.717) is 24.6 Å². The van der Waals surface area contributed by atoms with Gasteiger partial charge in [0.05, 0.1) is 24.0 Å². The van der Waals surface area contributed by atoms with Crippen LogP contribution in [0.2, 0.25) is 0 Å². The van der Waals surface area contributed by atoms with Crippen molar-refractivity contribution in [3.05, 3.63) is 101 Å². The summed E-state index contributed by atoms with van der Waals surface area (Å²) in [6.07, 6.45) is 1.01. The highest BCUT2D eigenvalue weighted by molar-refractivity contribution is 7.92. The van der Waals surface area contributed by atoms with E-state index in [4.69, 9.17) is 0 Å². The Kier molecular flexibility index (Phi) is 14.8. The van der Waals surface area contributed by atoms with E-state index in [1.54, 1.807) is 26.0 Å². The van der Waals surface area contributed by atoms with Crippen LogP contribution in [0.3, 0.4) is 0 Å². The molecule has 0 heterocycles. The number of aryl methyl sites for hydroxylation is 1. The Morgan fingerprint density at radius 1 is 0.826 bits per heavy atom. The van der Waals surface area contributed by atoms with Crippen molar-refractivity contribution in [2.24, 2.45) is 5.92 Å².